The van der Waals surface area contributed by atoms with E-state index < -0.39 is 0 Å². The highest BCUT2D eigenvalue weighted by atomic mass is 35.5. The van der Waals surface area contributed by atoms with Crippen LogP contribution in [0.4, 0.5) is 0 Å². The number of rotatable bonds is 6. The Hall–Kier alpha value is -2.33. The molecule has 0 radical (unpaired) electrons. The van der Waals surface area contributed by atoms with Crippen molar-refractivity contribution in [2.75, 3.05) is 0 Å². The number of amides is 1. The molecule has 1 heterocycles. The Morgan fingerprint density at radius 2 is 1.92 bits per heavy atom. The molecule has 0 spiro atoms. The Kier molecular flexibility index (Phi) is 5.39. The summed E-state index contributed by atoms with van der Waals surface area (Å²) in [5.41, 5.74) is 2.66. The summed E-state index contributed by atoms with van der Waals surface area (Å²) < 4.78 is 2.21. The number of nitrogens with one attached hydrogen (secondary N) is 1. The largest absolute Gasteiger partial charge is 0.342 e. The van der Waals surface area contributed by atoms with E-state index >= 15 is 0 Å². The number of hydrogen-bond donors (Lipinski definition) is 1. The van der Waals surface area contributed by atoms with Gasteiger partial charge in [-0.25, -0.2) is 4.98 Å². The Morgan fingerprint density at radius 3 is 2.64 bits per heavy atom. The molecular formula is C20H22ClN3O. The fourth-order valence-corrected chi connectivity index (χ4v) is 3.05. The Bertz CT molecular complexity index is 870. The lowest BCUT2D eigenvalue weighted by molar-refractivity contribution is 0.0937. The smallest absolute Gasteiger partial charge is 0.251 e. The highest BCUT2D eigenvalue weighted by Gasteiger charge is 2.18. The normalized spacial score (nSPS) is 12.3. The van der Waals surface area contributed by atoms with E-state index in [-0.39, 0.29) is 11.9 Å². The molecule has 2 aromatic carbocycles. The van der Waals surface area contributed by atoms with E-state index in [0.717, 1.165) is 36.2 Å². The van der Waals surface area contributed by atoms with E-state index in [9.17, 15) is 4.79 Å². The van der Waals surface area contributed by atoms with Gasteiger partial charge in [-0.3, -0.25) is 4.79 Å². The van der Waals surface area contributed by atoms with Crippen molar-refractivity contribution in [1.82, 2.24) is 14.9 Å². The monoisotopic (exact) mass is 355 g/mol. The average Bonchev–Trinajstić information content (AvgIpc) is 2.99. The predicted molar refractivity (Wildman–Crippen MR) is 102 cm³/mol. The summed E-state index contributed by atoms with van der Waals surface area (Å²) in [6, 6.07) is 14.8. The van der Waals surface area contributed by atoms with Crippen LogP contribution in [0.1, 0.15) is 48.9 Å². The fourth-order valence-electron chi connectivity index (χ4n) is 2.92. The van der Waals surface area contributed by atoms with Gasteiger partial charge in [0.05, 0.1) is 17.1 Å². The molecule has 0 saturated heterocycles. The first-order valence-electron chi connectivity index (χ1n) is 8.61. The van der Waals surface area contributed by atoms with Gasteiger partial charge >= 0.3 is 0 Å². The summed E-state index contributed by atoms with van der Waals surface area (Å²) >= 11 is 5.89. The molecule has 0 aliphatic heterocycles. The molecule has 0 fully saturated rings. The molecule has 1 aromatic heterocycles. The van der Waals surface area contributed by atoms with Crippen molar-refractivity contribution in [3.8, 4) is 0 Å². The summed E-state index contributed by atoms with van der Waals surface area (Å²) in [7, 11) is 0. The summed E-state index contributed by atoms with van der Waals surface area (Å²) in [6.07, 6.45) is 2.18. The molecule has 3 aromatic rings. The molecule has 4 nitrogen and oxygen atoms in total. The van der Waals surface area contributed by atoms with Crippen LogP contribution in [0.25, 0.3) is 11.0 Å². The second kappa shape index (κ2) is 7.70. The second-order valence-corrected chi connectivity index (χ2v) is 6.60. The van der Waals surface area contributed by atoms with Crippen LogP contribution in [-0.4, -0.2) is 15.5 Å². The van der Waals surface area contributed by atoms with Gasteiger partial charge in [0.25, 0.3) is 5.91 Å². The standard InChI is InChI=1S/C20H22ClN3O/c1-3-4-13-24-18-8-6-5-7-17(18)23-19(24)14(2)22-20(25)15-9-11-16(21)12-10-15/h5-12,14H,3-4,13H2,1-2H3,(H,22,25). The van der Waals surface area contributed by atoms with E-state index in [4.69, 9.17) is 16.6 Å². The molecule has 1 atom stereocenters. The maximum Gasteiger partial charge on any atom is 0.251 e. The van der Waals surface area contributed by atoms with Crippen molar-refractivity contribution in [3.05, 3.63) is 64.9 Å². The zero-order chi connectivity index (χ0) is 17.8. The van der Waals surface area contributed by atoms with Crippen LogP contribution >= 0.6 is 11.6 Å². The molecule has 3 rings (SSSR count). The highest BCUT2D eigenvalue weighted by Crippen LogP contribution is 2.22. The molecule has 1 unspecified atom stereocenters. The van der Waals surface area contributed by atoms with Gasteiger partial charge in [-0.2, -0.15) is 0 Å². The first-order chi connectivity index (χ1) is 12.1. The Balaban J connectivity index is 1.86. The third-order valence-electron chi connectivity index (χ3n) is 4.26. The molecule has 130 valence electrons. The van der Waals surface area contributed by atoms with Crippen molar-refractivity contribution < 1.29 is 4.79 Å². The number of unbranched alkanes of at least 4 members (excludes halogenated alkanes) is 1. The SMILES string of the molecule is CCCCn1c(C(C)NC(=O)c2ccc(Cl)cc2)nc2ccccc21. The van der Waals surface area contributed by atoms with Crippen molar-refractivity contribution in [3.63, 3.8) is 0 Å². The van der Waals surface area contributed by atoms with Gasteiger partial charge in [0.2, 0.25) is 0 Å². The molecule has 0 aliphatic carbocycles. The van der Waals surface area contributed by atoms with Crippen molar-refractivity contribution >= 4 is 28.5 Å². The van der Waals surface area contributed by atoms with E-state index in [2.05, 4.69) is 22.9 Å². The van der Waals surface area contributed by atoms with Crippen LogP contribution in [-0.2, 0) is 6.54 Å². The van der Waals surface area contributed by atoms with Gasteiger partial charge in [0.15, 0.2) is 0 Å². The number of fused-ring (bicyclic) bond motifs is 1. The lowest BCUT2D eigenvalue weighted by atomic mass is 10.2. The summed E-state index contributed by atoms with van der Waals surface area (Å²) in [6.45, 7) is 5.04. The summed E-state index contributed by atoms with van der Waals surface area (Å²) in [4.78, 5) is 17.2. The van der Waals surface area contributed by atoms with Crippen molar-refractivity contribution in [2.45, 2.75) is 39.3 Å². The van der Waals surface area contributed by atoms with Gasteiger partial charge in [-0.05, 0) is 49.7 Å². The number of carbonyl (C=O) groups is 1. The second-order valence-electron chi connectivity index (χ2n) is 6.17. The molecule has 0 saturated carbocycles. The molecule has 5 heteroatoms. The minimum atomic E-state index is -0.188. The lowest BCUT2D eigenvalue weighted by Crippen LogP contribution is -2.28. The number of halogens is 1. The first kappa shape index (κ1) is 17.5. The third-order valence-corrected chi connectivity index (χ3v) is 4.51. The predicted octanol–water partition coefficient (Wildman–Crippen LogP) is 4.98. The summed E-state index contributed by atoms with van der Waals surface area (Å²) in [5, 5.41) is 3.66. The zero-order valence-electron chi connectivity index (χ0n) is 14.5. The molecule has 1 amide bonds. The van der Waals surface area contributed by atoms with Crippen LogP contribution in [0.5, 0.6) is 0 Å². The van der Waals surface area contributed by atoms with Crippen LogP contribution in [0.2, 0.25) is 5.02 Å². The van der Waals surface area contributed by atoms with Gasteiger partial charge < -0.3 is 9.88 Å². The Labute approximate surface area is 152 Å². The number of carbonyl (C=O) groups excluding carboxylic acids is 1. The van der Waals surface area contributed by atoms with E-state index in [1.165, 1.54) is 0 Å². The number of hydrogen-bond acceptors (Lipinski definition) is 2. The van der Waals surface area contributed by atoms with Gasteiger partial charge in [-0.15, -0.1) is 0 Å². The van der Waals surface area contributed by atoms with Crippen LogP contribution in [0.15, 0.2) is 48.5 Å². The number of aryl methyl sites for hydroxylation is 1. The molecule has 0 bridgehead atoms. The van der Waals surface area contributed by atoms with Crippen molar-refractivity contribution in [2.24, 2.45) is 0 Å². The first-order valence-corrected chi connectivity index (χ1v) is 8.99. The van der Waals surface area contributed by atoms with E-state index in [1.807, 2.05) is 25.1 Å². The maximum absolute atomic E-state index is 12.5. The number of nitrogens with zero attached hydrogens (tertiary/aromatic N) is 2. The van der Waals surface area contributed by atoms with E-state index in [1.54, 1.807) is 24.3 Å². The van der Waals surface area contributed by atoms with Gasteiger partial charge in [0, 0.05) is 17.1 Å². The quantitative estimate of drug-likeness (QED) is 0.677. The average molecular weight is 356 g/mol. The number of aromatic nitrogens is 2. The number of benzene rings is 2. The third kappa shape index (κ3) is 3.85. The molecule has 0 aliphatic rings. The van der Waals surface area contributed by atoms with Crippen molar-refractivity contribution in [1.29, 1.82) is 0 Å². The Morgan fingerprint density at radius 1 is 1.20 bits per heavy atom. The lowest BCUT2D eigenvalue weighted by Gasteiger charge is -2.16. The molecule has 1 N–H and O–H groups in total. The minimum absolute atomic E-state index is 0.127. The van der Waals surface area contributed by atoms with Gasteiger partial charge in [0.1, 0.15) is 5.82 Å². The maximum atomic E-state index is 12.5. The van der Waals surface area contributed by atoms with Gasteiger partial charge in [-0.1, -0.05) is 37.1 Å². The fraction of sp³-hybridized carbons (Fsp3) is 0.300. The molecule has 25 heavy (non-hydrogen) atoms. The zero-order valence-corrected chi connectivity index (χ0v) is 15.3. The summed E-state index contributed by atoms with van der Waals surface area (Å²) in [5.74, 6) is 0.759. The van der Waals surface area contributed by atoms with Crippen LogP contribution in [0.3, 0.4) is 0 Å². The highest BCUT2D eigenvalue weighted by molar-refractivity contribution is 6.30. The number of imidazole rings is 1. The topological polar surface area (TPSA) is 46.9 Å². The minimum Gasteiger partial charge on any atom is -0.342 e. The number of para-hydroxylation sites is 2. The van der Waals surface area contributed by atoms with E-state index in [0.29, 0.717) is 10.6 Å². The van der Waals surface area contributed by atoms with Crippen LogP contribution in [0, 0.1) is 0 Å². The van der Waals surface area contributed by atoms with Crippen LogP contribution < -0.4 is 5.32 Å². The molecular weight excluding hydrogens is 334 g/mol.